The van der Waals surface area contributed by atoms with Crippen molar-refractivity contribution in [3.05, 3.63) is 87.5 Å². The summed E-state index contributed by atoms with van der Waals surface area (Å²) in [6.45, 7) is 0.458. The Balaban J connectivity index is 2.08. The van der Waals surface area contributed by atoms with E-state index in [9.17, 15) is 4.79 Å². The lowest BCUT2D eigenvalue weighted by Crippen LogP contribution is -2.31. The number of hydrogen-bond acceptors (Lipinski definition) is 3. The van der Waals surface area contributed by atoms with Gasteiger partial charge < -0.3 is 14.4 Å². The zero-order valence-electron chi connectivity index (χ0n) is 15.2. The minimum Gasteiger partial charge on any atom is -0.493 e. The van der Waals surface area contributed by atoms with Crippen molar-refractivity contribution in [1.82, 2.24) is 0 Å². The number of methoxy groups -OCH3 is 2. The lowest BCUT2D eigenvalue weighted by atomic mass is 10.1. The summed E-state index contributed by atoms with van der Waals surface area (Å²) >= 11 is 2.22. The molecule has 5 heteroatoms. The molecule has 27 heavy (non-hydrogen) atoms. The predicted molar refractivity (Wildman–Crippen MR) is 116 cm³/mol. The van der Waals surface area contributed by atoms with Crippen LogP contribution in [-0.4, -0.2) is 20.1 Å². The molecule has 0 radical (unpaired) electrons. The van der Waals surface area contributed by atoms with Gasteiger partial charge in [0.15, 0.2) is 11.5 Å². The first kappa shape index (κ1) is 19.2. The standard InChI is InChI=1S/C22H20INO3/c1-26-20-13-18(23)19(14-21(20)27-2)24(15-16-9-5-3-6-10-16)22(25)17-11-7-4-8-12-17/h3-14H,15H2,1-2H3. The average Bonchev–Trinajstić information content (AvgIpc) is 2.73. The summed E-state index contributed by atoms with van der Waals surface area (Å²) in [7, 11) is 3.19. The van der Waals surface area contributed by atoms with Gasteiger partial charge in [-0.25, -0.2) is 0 Å². The molecule has 0 saturated carbocycles. The molecule has 0 atom stereocenters. The first-order valence-electron chi connectivity index (χ1n) is 8.46. The van der Waals surface area contributed by atoms with Crippen LogP contribution < -0.4 is 14.4 Å². The molecule has 0 aliphatic heterocycles. The quantitative estimate of drug-likeness (QED) is 0.465. The van der Waals surface area contributed by atoms with Crippen LogP contribution in [0.3, 0.4) is 0 Å². The number of benzene rings is 3. The first-order chi connectivity index (χ1) is 13.1. The van der Waals surface area contributed by atoms with E-state index in [1.54, 1.807) is 19.1 Å². The topological polar surface area (TPSA) is 38.8 Å². The SMILES string of the molecule is COc1cc(I)c(N(Cc2ccccc2)C(=O)c2ccccc2)cc1OC. The van der Waals surface area contributed by atoms with Gasteiger partial charge in [-0.15, -0.1) is 0 Å². The van der Waals surface area contributed by atoms with Gasteiger partial charge in [0, 0.05) is 15.2 Å². The van der Waals surface area contributed by atoms with Crippen molar-refractivity contribution in [3.8, 4) is 11.5 Å². The van der Waals surface area contributed by atoms with Crippen molar-refractivity contribution in [2.75, 3.05) is 19.1 Å². The van der Waals surface area contributed by atoms with E-state index in [-0.39, 0.29) is 5.91 Å². The third kappa shape index (κ3) is 4.42. The number of hydrogen-bond donors (Lipinski definition) is 0. The number of amides is 1. The van der Waals surface area contributed by atoms with E-state index in [1.165, 1.54) is 0 Å². The lowest BCUT2D eigenvalue weighted by molar-refractivity contribution is 0.0985. The third-order valence-corrected chi connectivity index (χ3v) is 5.06. The van der Waals surface area contributed by atoms with Crippen molar-refractivity contribution in [3.63, 3.8) is 0 Å². The second-order valence-corrected chi connectivity index (χ2v) is 7.06. The van der Waals surface area contributed by atoms with Gasteiger partial charge in [0.05, 0.1) is 26.5 Å². The zero-order valence-corrected chi connectivity index (χ0v) is 17.3. The van der Waals surface area contributed by atoms with Crippen LogP contribution in [0.2, 0.25) is 0 Å². The Morgan fingerprint density at radius 3 is 2.04 bits per heavy atom. The van der Waals surface area contributed by atoms with Gasteiger partial charge in [-0.1, -0.05) is 48.5 Å². The zero-order chi connectivity index (χ0) is 19.2. The molecule has 0 bridgehead atoms. The third-order valence-electron chi connectivity index (χ3n) is 4.19. The van der Waals surface area contributed by atoms with Crippen LogP contribution >= 0.6 is 22.6 Å². The number of halogens is 1. The highest BCUT2D eigenvalue weighted by Crippen LogP contribution is 2.37. The van der Waals surface area contributed by atoms with Gasteiger partial charge in [-0.05, 0) is 46.4 Å². The molecule has 0 spiro atoms. The van der Waals surface area contributed by atoms with Gasteiger partial charge in [-0.2, -0.15) is 0 Å². The van der Waals surface area contributed by atoms with E-state index in [2.05, 4.69) is 22.6 Å². The maximum Gasteiger partial charge on any atom is 0.258 e. The summed E-state index contributed by atoms with van der Waals surface area (Å²) in [6, 6.07) is 23.0. The van der Waals surface area contributed by atoms with Gasteiger partial charge in [0.2, 0.25) is 0 Å². The number of nitrogens with zero attached hydrogens (tertiary/aromatic N) is 1. The summed E-state index contributed by atoms with van der Waals surface area (Å²) in [6.07, 6.45) is 0. The monoisotopic (exact) mass is 473 g/mol. The second-order valence-electron chi connectivity index (χ2n) is 5.90. The predicted octanol–water partition coefficient (Wildman–Crippen LogP) is 5.16. The highest BCUT2D eigenvalue weighted by atomic mass is 127. The van der Waals surface area contributed by atoms with E-state index in [0.29, 0.717) is 23.6 Å². The van der Waals surface area contributed by atoms with Crippen molar-refractivity contribution >= 4 is 34.2 Å². The molecular weight excluding hydrogens is 453 g/mol. The van der Waals surface area contributed by atoms with Crippen LogP contribution in [-0.2, 0) is 6.54 Å². The Kier molecular flexibility index (Phi) is 6.34. The summed E-state index contributed by atoms with van der Waals surface area (Å²) in [5, 5.41) is 0. The van der Waals surface area contributed by atoms with Crippen LogP contribution in [0.15, 0.2) is 72.8 Å². The molecule has 3 aromatic carbocycles. The molecule has 1 amide bonds. The Morgan fingerprint density at radius 2 is 1.44 bits per heavy atom. The van der Waals surface area contributed by atoms with E-state index < -0.39 is 0 Å². The molecule has 4 nitrogen and oxygen atoms in total. The number of ether oxygens (including phenoxy) is 2. The first-order valence-corrected chi connectivity index (χ1v) is 9.54. The van der Waals surface area contributed by atoms with Gasteiger partial charge in [0.1, 0.15) is 0 Å². The summed E-state index contributed by atoms with van der Waals surface area (Å²) in [4.78, 5) is 15.1. The van der Waals surface area contributed by atoms with Gasteiger partial charge in [-0.3, -0.25) is 4.79 Å². The number of rotatable bonds is 6. The fourth-order valence-electron chi connectivity index (χ4n) is 2.82. The average molecular weight is 473 g/mol. The molecule has 3 rings (SSSR count). The smallest absolute Gasteiger partial charge is 0.258 e. The van der Waals surface area contributed by atoms with Gasteiger partial charge >= 0.3 is 0 Å². The van der Waals surface area contributed by atoms with Crippen LogP contribution in [0, 0.1) is 3.57 Å². The molecule has 0 saturated heterocycles. The lowest BCUT2D eigenvalue weighted by Gasteiger charge is -2.25. The molecule has 0 fully saturated rings. The molecule has 138 valence electrons. The van der Waals surface area contributed by atoms with Crippen molar-refractivity contribution in [2.45, 2.75) is 6.54 Å². The molecule has 0 heterocycles. The minimum atomic E-state index is -0.0652. The second kappa shape index (κ2) is 8.90. The molecule has 0 unspecified atom stereocenters. The normalized spacial score (nSPS) is 10.3. The molecule has 3 aromatic rings. The number of anilines is 1. The maximum atomic E-state index is 13.3. The Labute approximate surface area is 172 Å². The maximum absolute atomic E-state index is 13.3. The Bertz CT molecular complexity index is 914. The van der Waals surface area contributed by atoms with Crippen molar-refractivity contribution in [2.24, 2.45) is 0 Å². The van der Waals surface area contributed by atoms with E-state index in [4.69, 9.17) is 9.47 Å². The molecule has 0 N–H and O–H groups in total. The van der Waals surface area contributed by atoms with E-state index >= 15 is 0 Å². The summed E-state index contributed by atoms with van der Waals surface area (Å²) in [5.74, 6) is 1.16. The fraction of sp³-hybridized carbons (Fsp3) is 0.136. The fourth-order valence-corrected chi connectivity index (χ4v) is 3.55. The molecular formula is C22H20INO3. The Morgan fingerprint density at radius 1 is 0.889 bits per heavy atom. The van der Waals surface area contributed by atoms with E-state index in [0.717, 1.165) is 14.8 Å². The van der Waals surface area contributed by atoms with Gasteiger partial charge in [0.25, 0.3) is 5.91 Å². The molecule has 0 aliphatic rings. The number of carbonyl (C=O) groups is 1. The van der Waals surface area contributed by atoms with Crippen LogP contribution in [0.1, 0.15) is 15.9 Å². The highest BCUT2D eigenvalue weighted by Gasteiger charge is 2.22. The van der Waals surface area contributed by atoms with Crippen LogP contribution in [0.5, 0.6) is 11.5 Å². The van der Waals surface area contributed by atoms with Crippen LogP contribution in [0.25, 0.3) is 0 Å². The number of carbonyl (C=O) groups excluding carboxylic acids is 1. The van der Waals surface area contributed by atoms with Crippen LogP contribution in [0.4, 0.5) is 5.69 Å². The van der Waals surface area contributed by atoms with Crippen molar-refractivity contribution < 1.29 is 14.3 Å². The summed E-state index contributed by atoms with van der Waals surface area (Å²) in [5.41, 5.74) is 2.47. The molecule has 0 aliphatic carbocycles. The minimum absolute atomic E-state index is 0.0652. The van der Waals surface area contributed by atoms with Crippen molar-refractivity contribution in [1.29, 1.82) is 0 Å². The highest BCUT2D eigenvalue weighted by molar-refractivity contribution is 14.1. The molecule has 0 aromatic heterocycles. The Hall–Kier alpha value is -2.54. The largest absolute Gasteiger partial charge is 0.493 e. The van der Waals surface area contributed by atoms with E-state index in [1.807, 2.05) is 72.8 Å². The summed E-state index contributed by atoms with van der Waals surface area (Å²) < 4.78 is 11.7.